The number of fused-ring (bicyclic) bond motifs is 1. The fourth-order valence-electron chi connectivity index (χ4n) is 2.50. The van der Waals surface area contributed by atoms with Gasteiger partial charge in [0.25, 0.3) is 0 Å². The second-order valence-electron chi connectivity index (χ2n) is 5.29. The molecule has 1 amide bonds. The van der Waals surface area contributed by atoms with Gasteiger partial charge in [0.15, 0.2) is 0 Å². The zero-order valence-electron chi connectivity index (χ0n) is 11.8. The maximum atomic E-state index is 11.9. The van der Waals surface area contributed by atoms with Crippen molar-refractivity contribution in [2.24, 2.45) is 0 Å². The maximum absolute atomic E-state index is 11.9. The summed E-state index contributed by atoms with van der Waals surface area (Å²) in [4.78, 5) is 27.5. The predicted molar refractivity (Wildman–Crippen MR) is 77.4 cm³/mol. The van der Waals surface area contributed by atoms with Crippen molar-refractivity contribution in [3.63, 3.8) is 0 Å². The molecule has 6 heteroatoms. The summed E-state index contributed by atoms with van der Waals surface area (Å²) in [6, 6.07) is 4.85. The zero-order valence-corrected chi connectivity index (χ0v) is 11.8. The van der Waals surface area contributed by atoms with Gasteiger partial charge in [0.2, 0.25) is 5.91 Å². The van der Waals surface area contributed by atoms with Gasteiger partial charge in [-0.1, -0.05) is 0 Å². The van der Waals surface area contributed by atoms with E-state index in [-0.39, 0.29) is 18.0 Å². The van der Waals surface area contributed by atoms with E-state index in [1.165, 1.54) is 0 Å². The second-order valence-corrected chi connectivity index (χ2v) is 5.29. The van der Waals surface area contributed by atoms with E-state index in [2.05, 4.69) is 10.3 Å². The molecule has 2 N–H and O–H groups in total. The Hall–Kier alpha value is -2.37. The molecule has 1 fully saturated rings. The quantitative estimate of drug-likeness (QED) is 0.877. The number of benzene rings is 1. The second kappa shape index (κ2) is 5.20. The number of carbonyl (C=O) groups is 2. The lowest BCUT2D eigenvalue weighted by atomic mass is 10.2. The van der Waals surface area contributed by atoms with E-state index in [1.54, 1.807) is 18.2 Å². The van der Waals surface area contributed by atoms with Crippen molar-refractivity contribution in [2.75, 3.05) is 6.54 Å². The monoisotopic (exact) mass is 287 g/mol. The summed E-state index contributed by atoms with van der Waals surface area (Å²) < 4.78 is 1.91. The average molecular weight is 287 g/mol. The Bertz CT molecular complexity index is 716. The number of carboxylic acids is 1. The lowest BCUT2D eigenvalue weighted by Gasteiger charge is -2.08. The molecule has 1 saturated carbocycles. The van der Waals surface area contributed by atoms with Crippen molar-refractivity contribution in [1.82, 2.24) is 14.9 Å². The maximum Gasteiger partial charge on any atom is 0.335 e. The molecule has 6 nitrogen and oxygen atoms in total. The molecule has 0 unspecified atom stereocenters. The number of rotatable bonds is 5. The van der Waals surface area contributed by atoms with Crippen LogP contribution in [0, 0.1) is 0 Å². The number of aromatic carboxylic acids is 1. The molecule has 0 radical (unpaired) electrons. The number of nitrogens with one attached hydrogen (secondary N) is 1. The van der Waals surface area contributed by atoms with Crippen LogP contribution in [0.25, 0.3) is 11.0 Å². The first-order chi connectivity index (χ1) is 10.1. The first kappa shape index (κ1) is 13.6. The highest BCUT2D eigenvalue weighted by molar-refractivity contribution is 5.92. The fourth-order valence-corrected chi connectivity index (χ4v) is 2.50. The summed E-state index contributed by atoms with van der Waals surface area (Å²) in [6.07, 6.45) is 2.15. The molecule has 3 rings (SSSR count). The molecule has 0 bridgehead atoms. The summed E-state index contributed by atoms with van der Waals surface area (Å²) in [5.41, 5.74) is 1.67. The van der Waals surface area contributed by atoms with Gasteiger partial charge < -0.3 is 15.0 Å². The van der Waals surface area contributed by atoms with E-state index in [4.69, 9.17) is 5.11 Å². The van der Waals surface area contributed by atoms with Gasteiger partial charge >= 0.3 is 5.97 Å². The molecule has 0 aliphatic heterocycles. The van der Waals surface area contributed by atoms with Crippen LogP contribution in [-0.2, 0) is 11.3 Å². The van der Waals surface area contributed by atoms with Crippen molar-refractivity contribution in [3.8, 4) is 0 Å². The SMILES string of the molecule is CCNC(=O)Cn1c(C2CC2)nc2cc(C(=O)O)ccc21. The molecule has 0 spiro atoms. The fraction of sp³-hybridized carbons (Fsp3) is 0.400. The van der Waals surface area contributed by atoms with E-state index >= 15 is 0 Å². The van der Waals surface area contributed by atoms with Crippen LogP contribution in [0.15, 0.2) is 18.2 Å². The predicted octanol–water partition coefficient (Wildman–Crippen LogP) is 1.75. The Morgan fingerprint density at radius 1 is 1.43 bits per heavy atom. The Labute approximate surface area is 121 Å². The molecule has 0 saturated heterocycles. The number of hydrogen-bond donors (Lipinski definition) is 2. The van der Waals surface area contributed by atoms with Gasteiger partial charge in [-0.05, 0) is 38.0 Å². The van der Waals surface area contributed by atoms with Crippen LogP contribution in [0.5, 0.6) is 0 Å². The number of likely N-dealkylation sites (N-methyl/N-ethyl adjacent to an activating group) is 1. The summed E-state index contributed by atoms with van der Waals surface area (Å²) >= 11 is 0. The van der Waals surface area contributed by atoms with E-state index in [0.29, 0.717) is 18.0 Å². The van der Waals surface area contributed by atoms with Crippen LogP contribution in [0.1, 0.15) is 41.9 Å². The van der Waals surface area contributed by atoms with Crippen LogP contribution in [0.2, 0.25) is 0 Å². The van der Waals surface area contributed by atoms with E-state index in [9.17, 15) is 9.59 Å². The van der Waals surface area contributed by atoms with Crippen LogP contribution in [0.3, 0.4) is 0 Å². The summed E-state index contributed by atoms with van der Waals surface area (Å²) in [7, 11) is 0. The number of amides is 1. The van der Waals surface area contributed by atoms with E-state index in [0.717, 1.165) is 24.2 Å². The number of hydrogen-bond acceptors (Lipinski definition) is 3. The molecule has 1 aliphatic rings. The molecule has 1 heterocycles. The molecular weight excluding hydrogens is 270 g/mol. The highest BCUT2D eigenvalue weighted by Crippen LogP contribution is 2.40. The number of carbonyl (C=O) groups excluding carboxylic acids is 1. The average Bonchev–Trinajstić information content (AvgIpc) is 3.22. The van der Waals surface area contributed by atoms with Crippen molar-refractivity contribution >= 4 is 22.9 Å². The zero-order chi connectivity index (χ0) is 15.0. The summed E-state index contributed by atoms with van der Waals surface area (Å²) in [5, 5.41) is 11.8. The van der Waals surface area contributed by atoms with Gasteiger partial charge in [0, 0.05) is 12.5 Å². The molecular formula is C15H17N3O3. The Morgan fingerprint density at radius 2 is 2.19 bits per heavy atom. The first-order valence-corrected chi connectivity index (χ1v) is 7.10. The highest BCUT2D eigenvalue weighted by Gasteiger charge is 2.30. The molecule has 1 aromatic heterocycles. The van der Waals surface area contributed by atoms with E-state index in [1.807, 2.05) is 11.5 Å². The largest absolute Gasteiger partial charge is 0.478 e. The first-order valence-electron chi connectivity index (χ1n) is 7.10. The van der Waals surface area contributed by atoms with Gasteiger partial charge in [0.1, 0.15) is 12.4 Å². The lowest BCUT2D eigenvalue weighted by Crippen LogP contribution is -2.27. The summed E-state index contributed by atoms with van der Waals surface area (Å²) in [6.45, 7) is 2.70. The van der Waals surface area contributed by atoms with Crippen molar-refractivity contribution in [1.29, 1.82) is 0 Å². The number of nitrogens with zero attached hydrogens (tertiary/aromatic N) is 2. The Kier molecular flexibility index (Phi) is 3.37. The molecule has 2 aromatic rings. The van der Waals surface area contributed by atoms with Crippen molar-refractivity contribution in [2.45, 2.75) is 32.2 Å². The van der Waals surface area contributed by atoms with Crippen LogP contribution in [0.4, 0.5) is 0 Å². The van der Waals surface area contributed by atoms with Gasteiger partial charge in [0.05, 0.1) is 16.6 Å². The van der Waals surface area contributed by atoms with Gasteiger partial charge in [-0.2, -0.15) is 0 Å². The molecule has 21 heavy (non-hydrogen) atoms. The minimum atomic E-state index is -0.969. The minimum absolute atomic E-state index is 0.0546. The molecule has 0 atom stereocenters. The number of aromatic nitrogens is 2. The standard InChI is InChI=1S/C15H17N3O3/c1-2-16-13(19)8-18-12-6-5-10(15(20)21)7-11(12)17-14(18)9-3-4-9/h5-7,9H,2-4,8H2,1H3,(H,16,19)(H,20,21). The van der Waals surface area contributed by atoms with Crippen molar-refractivity contribution < 1.29 is 14.7 Å². The van der Waals surface area contributed by atoms with Crippen LogP contribution in [-0.4, -0.2) is 33.1 Å². The lowest BCUT2D eigenvalue weighted by molar-refractivity contribution is -0.121. The third-order valence-corrected chi connectivity index (χ3v) is 3.64. The normalized spacial score (nSPS) is 14.3. The molecule has 110 valence electrons. The number of imidazole rings is 1. The van der Waals surface area contributed by atoms with Gasteiger partial charge in [-0.15, -0.1) is 0 Å². The summed E-state index contributed by atoms with van der Waals surface area (Å²) in [5.74, 6) is 0.253. The van der Waals surface area contributed by atoms with Gasteiger partial charge in [-0.3, -0.25) is 4.79 Å². The Morgan fingerprint density at radius 3 is 2.81 bits per heavy atom. The third kappa shape index (κ3) is 2.61. The van der Waals surface area contributed by atoms with Crippen LogP contribution < -0.4 is 5.32 Å². The van der Waals surface area contributed by atoms with E-state index < -0.39 is 5.97 Å². The Balaban J connectivity index is 2.05. The topological polar surface area (TPSA) is 84.2 Å². The molecule has 1 aliphatic carbocycles. The van der Waals surface area contributed by atoms with Crippen LogP contribution >= 0.6 is 0 Å². The van der Waals surface area contributed by atoms with Gasteiger partial charge in [-0.25, -0.2) is 9.78 Å². The van der Waals surface area contributed by atoms with Crippen molar-refractivity contribution in [3.05, 3.63) is 29.6 Å². The molecule has 1 aromatic carbocycles. The number of carboxylic acid groups (broad SMARTS) is 1. The highest BCUT2D eigenvalue weighted by atomic mass is 16.4. The smallest absolute Gasteiger partial charge is 0.335 e. The third-order valence-electron chi connectivity index (χ3n) is 3.64. The minimum Gasteiger partial charge on any atom is -0.478 e.